The number of nitrogens with zero attached hydrogens (tertiary/aromatic N) is 4. The summed E-state index contributed by atoms with van der Waals surface area (Å²) in [5, 5.41) is 7.35. The van der Waals surface area contributed by atoms with Crippen molar-refractivity contribution >= 4 is 23.2 Å². The summed E-state index contributed by atoms with van der Waals surface area (Å²) < 4.78 is 1.30. The van der Waals surface area contributed by atoms with Crippen molar-refractivity contribution < 1.29 is 4.79 Å². The van der Waals surface area contributed by atoms with Crippen molar-refractivity contribution in [2.45, 2.75) is 19.9 Å². The number of anilines is 1. The predicted octanol–water partition coefficient (Wildman–Crippen LogP) is 1.53. The number of rotatable bonds is 5. The van der Waals surface area contributed by atoms with Crippen molar-refractivity contribution in [1.29, 1.82) is 0 Å². The van der Waals surface area contributed by atoms with Gasteiger partial charge in [-0.1, -0.05) is 29.8 Å². The maximum absolute atomic E-state index is 12.6. The average molecular weight is 390 g/mol. The highest BCUT2D eigenvalue weighted by Gasteiger charge is 2.22. The van der Waals surface area contributed by atoms with Gasteiger partial charge in [0.25, 0.3) is 5.56 Å². The van der Waals surface area contributed by atoms with Crippen LogP contribution in [0, 0.1) is 0 Å². The summed E-state index contributed by atoms with van der Waals surface area (Å²) >= 11 is 6.37. The Kier molecular flexibility index (Phi) is 6.13. The van der Waals surface area contributed by atoms with Crippen LogP contribution in [0.15, 0.2) is 41.3 Å². The fourth-order valence-electron chi connectivity index (χ4n) is 3.12. The van der Waals surface area contributed by atoms with Gasteiger partial charge >= 0.3 is 0 Å². The van der Waals surface area contributed by atoms with Crippen LogP contribution in [0.1, 0.15) is 13.8 Å². The molecule has 1 aromatic heterocycles. The molecule has 2 aromatic rings. The van der Waals surface area contributed by atoms with Gasteiger partial charge in [-0.25, -0.2) is 0 Å². The molecule has 0 saturated carbocycles. The van der Waals surface area contributed by atoms with Gasteiger partial charge in [0, 0.05) is 32.2 Å². The molecule has 0 spiro atoms. The fraction of sp³-hybridized carbons (Fsp3) is 0.421. The molecule has 1 saturated heterocycles. The number of amides is 1. The number of hydrogen-bond donors (Lipinski definition) is 1. The van der Waals surface area contributed by atoms with E-state index < -0.39 is 0 Å². The zero-order valence-electron chi connectivity index (χ0n) is 15.6. The second-order valence-corrected chi connectivity index (χ2v) is 7.26. The Balaban J connectivity index is 1.67. The number of carbonyl (C=O) groups excluding carboxylic acids is 1. The van der Waals surface area contributed by atoms with Crippen LogP contribution in [0.4, 0.5) is 5.69 Å². The van der Waals surface area contributed by atoms with Gasteiger partial charge in [-0.05, 0) is 26.0 Å². The summed E-state index contributed by atoms with van der Waals surface area (Å²) in [5.41, 5.74) is 0.983. The van der Waals surface area contributed by atoms with Crippen LogP contribution in [0.5, 0.6) is 0 Å². The van der Waals surface area contributed by atoms with Gasteiger partial charge < -0.3 is 10.2 Å². The third-order valence-electron chi connectivity index (χ3n) is 4.43. The van der Waals surface area contributed by atoms with E-state index in [1.54, 1.807) is 6.20 Å². The molecule has 27 heavy (non-hydrogen) atoms. The van der Waals surface area contributed by atoms with Gasteiger partial charge in [0.1, 0.15) is 5.02 Å². The van der Waals surface area contributed by atoms with E-state index in [0.717, 1.165) is 13.1 Å². The Morgan fingerprint density at radius 2 is 1.85 bits per heavy atom. The van der Waals surface area contributed by atoms with Gasteiger partial charge in [0.05, 0.1) is 24.1 Å². The molecule has 0 aliphatic carbocycles. The largest absolute Gasteiger partial charge is 0.366 e. The highest BCUT2D eigenvalue weighted by Crippen LogP contribution is 2.23. The molecule has 0 radical (unpaired) electrons. The van der Waals surface area contributed by atoms with Crippen molar-refractivity contribution in [3.05, 3.63) is 51.9 Å². The summed E-state index contributed by atoms with van der Waals surface area (Å²) in [4.78, 5) is 28.7. The molecule has 8 heteroatoms. The number of piperazine rings is 1. The lowest BCUT2D eigenvalue weighted by molar-refractivity contribution is -0.122. The van der Waals surface area contributed by atoms with Crippen molar-refractivity contribution in [2.24, 2.45) is 0 Å². The number of nitrogens with one attached hydrogen (secondary N) is 1. The molecule has 144 valence electrons. The third-order valence-corrected chi connectivity index (χ3v) is 4.79. The lowest BCUT2D eigenvalue weighted by Crippen LogP contribution is -2.50. The molecule has 1 aliphatic rings. The van der Waals surface area contributed by atoms with Crippen molar-refractivity contribution in [2.75, 3.05) is 37.6 Å². The number of para-hydroxylation sites is 1. The quantitative estimate of drug-likeness (QED) is 0.839. The van der Waals surface area contributed by atoms with Crippen LogP contribution in [0.25, 0.3) is 5.69 Å². The molecular weight excluding hydrogens is 366 g/mol. The second kappa shape index (κ2) is 8.54. The summed E-state index contributed by atoms with van der Waals surface area (Å²) in [6, 6.07) is 9.34. The lowest BCUT2D eigenvalue weighted by Gasteiger charge is -2.35. The van der Waals surface area contributed by atoms with Gasteiger partial charge in [-0.3, -0.25) is 14.5 Å². The van der Waals surface area contributed by atoms with E-state index in [4.69, 9.17) is 11.6 Å². The van der Waals surface area contributed by atoms with E-state index in [1.807, 2.05) is 49.1 Å². The second-order valence-electron chi connectivity index (χ2n) is 6.88. The summed E-state index contributed by atoms with van der Waals surface area (Å²) in [6.07, 6.45) is 1.64. The number of aromatic nitrogens is 2. The molecule has 3 rings (SSSR count). The molecule has 0 bridgehead atoms. The molecule has 1 aromatic carbocycles. The van der Waals surface area contributed by atoms with Crippen molar-refractivity contribution in [3.63, 3.8) is 0 Å². The van der Waals surface area contributed by atoms with Gasteiger partial charge in [-0.2, -0.15) is 9.78 Å². The minimum absolute atomic E-state index is 0.0311. The summed E-state index contributed by atoms with van der Waals surface area (Å²) in [5.74, 6) is 0.0311. The maximum Gasteiger partial charge on any atom is 0.292 e. The summed E-state index contributed by atoms with van der Waals surface area (Å²) in [6.45, 7) is 7.10. The Bertz CT molecular complexity index is 845. The van der Waals surface area contributed by atoms with E-state index in [9.17, 15) is 9.59 Å². The molecule has 0 atom stereocenters. The van der Waals surface area contributed by atoms with Crippen LogP contribution < -0.4 is 15.8 Å². The minimum Gasteiger partial charge on any atom is -0.366 e. The monoisotopic (exact) mass is 389 g/mol. The zero-order chi connectivity index (χ0) is 19.4. The van der Waals surface area contributed by atoms with Crippen LogP contribution in [0.2, 0.25) is 5.02 Å². The first-order valence-electron chi connectivity index (χ1n) is 9.05. The van der Waals surface area contributed by atoms with Crippen molar-refractivity contribution in [3.8, 4) is 5.69 Å². The highest BCUT2D eigenvalue weighted by molar-refractivity contribution is 6.33. The topological polar surface area (TPSA) is 70.5 Å². The molecule has 1 amide bonds. The molecule has 0 unspecified atom stereocenters. The molecule has 1 N–H and O–H groups in total. The normalized spacial score (nSPS) is 15.2. The van der Waals surface area contributed by atoms with E-state index in [2.05, 4.69) is 15.3 Å². The number of benzene rings is 1. The third kappa shape index (κ3) is 4.67. The first-order chi connectivity index (χ1) is 13.0. The van der Waals surface area contributed by atoms with E-state index >= 15 is 0 Å². The molecule has 1 fully saturated rings. The fourth-order valence-corrected chi connectivity index (χ4v) is 3.36. The summed E-state index contributed by atoms with van der Waals surface area (Å²) in [7, 11) is 0. The first-order valence-corrected chi connectivity index (χ1v) is 9.43. The van der Waals surface area contributed by atoms with Crippen LogP contribution in [0.3, 0.4) is 0 Å². The highest BCUT2D eigenvalue weighted by atomic mass is 35.5. The molecule has 7 nitrogen and oxygen atoms in total. The molecular formula is C19H24ClN5O2. The van der Waals surface area contributed by atoms with Crippen LogP contribution >= 0.6 is 11.6 Å². The minimum atomic E-state index is -0.334. The lowest BCUT2D eigenvalue weighted by atomic mass is 10.2. The van der Waals surface area contributed by atoms with E-state index in [-0.39, 0.29) is 22.5 Å². The Labute approximate surface area is 163 Å². The van der Waals surface area contributed by atoms with E-state index in [1.165, 1.54) is 4.68 Å². The van der Waals surface area contributed by atoms with Crippen LogP contribution in [-0.2, 0) is 4.79 Å². The first kappa shape index (κ1) is 19.4. The van der Waals surface area contributed by atoms with Gasteiger partial charge in [0.2, 0.25) is 5.91 Å². The number of carbonyl (C=O) groups is 1. The Hall–Kier alpha value is -2.38. The standard InChI is InChI=1S/C19H24ClN5O2/c1-14(2)22-17(26)13-23-8-10-24(11-9-23)16-12-21-25(19(27)18(16)20)15-6-4-3-5-7-15/h3-7,12,14H,8-11,13H2,1-2H3,(H,22,26). The predicted molar refractivity (Wildman–Crippen MR) is 107 cm³/mol. The Morgan fingerprint density at radius 1 is 1.19 bits per heavy atom. The SMILES string of the molecule is CC(C)NC(=O)CN1CCN(c2cnn(-c3ccccc3)c(=O)c2Cl)CC1. The number of halogens is 1. The van der Waals surface area contributed by atoms with Crippen molar-refractivity contribution in [1.82, 2.24) is 20.0 Å². The molecule has 2 heterocycles. The zero-order valence-corrected chi connectivity index (χ0v) is 16.3. The maximum atomic E-state index is 12.6. The van der Waals surface area contributed by atoms with Crippen LogP contribution in [-0.4, -0.2) is 59.4 Å². The Morgan fingerprint density at radius 3 is 2.48 bits per heavy atom. The van der Waals surface area contributed by atoms with Gasteiger partial charge in [0.15, 0.2) is 0 Å². The van der Waals surface area contributed by atoms with Gasteiger partial charge in [-0.15, -0.1) is 0 Å². The van der Waals surface area contributed by atoms with E-state index in [0.29, 0.717) is 31.0 Å². The smallest absolute Gasteiger partial charge is 0.292 e. The number of hydrogen-bond acceptors (Lipinski definition) is 5. The molecule has 1 aliphatic heterocycles. The average Bonchev–Trinajstić information content (AvgIpc) is 2.65.